The standard InChI is InChI=1S/C22H30O4.C20H28O2.CH2O.CH4/c1-6-20(4,19-25-12-13-26-19)14-17(24)21(5)15(3)8-10-22(7-2)11-9-16(23)18(21)22;1-7-18(4,5)13-16(22)19(6)14(3)9-11-20(8-2)12-10-15(21)17(19)20;1-2;/h2,6,15,18-19H,1,8-14H2,3-5H3;2,7,14,17H,1,9-13H2,3-6H3;1H2;1H4/t15-,18+,20-,21+,22+;14-,17?,19+,20+;;/m11../s1. The Balaban J connectivity index is 0.000000335. The van der Waals surface area contributed by atoms with Crippen molar-refractivity contribution >= 4 is 29.9 Å². The molecule has 1 saturated heterocycles. The van der Waals surface area contributed by atoms with E-state index in [0.29, 0.717) is 38.9 Å². The van der Waals surface area contributed by atoms with Crippen LogP contribution in [-0.4, -0.2) is 49.4 Å². The zero-order valence-corrected chi connectivity index (χ0v) is 31.7. The summed E-state index contributed by atoms with van der Waals surface area (Å²) in [5, 5.41) is 0. The molecule has 9 atom stereocenters. The minimum absolute atomic E-state index is 0. The van der Waals surface area contributed by atoms with Crippen molar-refractivity contribution in [1.82, 2.24) is 0 Å². The molecule has 0 aromatic heterocycles. The molecule has 0 N–H and O–H groups in total. The summed E-state index contributed by atoms with van der Waals surface area (Å²) >= 11 is 0. The van der Waals surface area contributed by atoms with Gasteiger partial charge in [-0.3, -0.25) is 19.2 Å². The molecule has 4 aliphatic carbocycles. The molecule has 282 valence electrons. The molecule has 0 radical (unpaired) electrons. The number of allylic oxidation sites excluding steroid dienone is 1. The zero-order chi connectivity index (χ0) is 37.9. The van der Waals surface area contributed by atoms with Crippen LogP contribution in [-0.2, 0) is 33.4 Å². The molecule has 51 heavy (non-hydrogen) atoms. The van der Waals surface area contributed by atoms with Crippen molar-refractivity contribution in [3.05, 3.63) is 25.3 Å². The van der Waals surface area contributed by atoms with Crippen LogP contribution < -0.4 is 0 Å². The van der Waals surface area contributed by atoms with Gasteiger partial charge in [-0.2, -0.15) is 0 Å². The van der Waals surface area contributed by atoms with Gasteiger partial charge in [0, 0.05) is 64.6 Å². The molecule has 5 rings (SSSR count). The highest BCUT2D eigenvalue weighted by Gasteiger charge is 2.64. The van der Waals surface area contributed by atoms with Crippen molar-refractivity contribution < 1.29 is 33.4 Å². The van der Waals surface area contributed by atoms with Crippen LogP contribution in [0.25, 0.3) is 0 Å². The lowest BCUT2D eigenvalue weighted by Gasteiger charge is -2.51. The van der Waals surface area contributed by atoms with E-state index in [9.17, 15) is 19.2 Å². The number of carbonyl (C=O) groups is 5. The van der Waals surface area contributed by atoms with Crippen LogP contribution in [0.3, 0.4) is 0 Å². The number of Topliss-reactive ketones (excluding diaryl/α,β-unsaturated/α-hetero) is 4. The summed E-state index contributed by atoms with van der Waals surface area (Å²) in [5.41, 5.74) is -3.11. The highest BCUT2D eigenvalue weighted by molar-refractivity contribution is 5.96. The molecular weight excluding hydrogens is 640 g/mol. The molecule has 4 saturated carbocycles. The highest BCUT2D eigenvalue weighted by Crippen LogP contribution is 2.62. The van der Waals surface area contributed by atoms with Gasteiger partial charge in [0.2, 0.25) is 0 Å². The molecule has 1 unspecified atom stereocenters. The number of ketones is 4. The number of fused-ring (bicyclic) bond motifs is 2. The number of hydrogen-bond acceptors (Lipinski definition) is 7. The Hall–Kier alpha value is -3.13. The lowest BCUT2D eigenvalue weighted by molar-refractivity contribution is -0.156. The molecule has 0 amide bonds. The summed E-state index contributed by atoms with van der Waals surface area (Å²) in [5.74, 6) is 6.06. The molecule has 0 spiro atoms. The average Bonchev–Trinajstić information content (AvgIpc) is 3.85. The summed E-state index contributed by atoms with van der Waals surface area (Å²) in [6.45, 7) is 24.9. The largest absolute Gasteiger partial charge is 0.349 e. The summed E-state index contributed by atoms with van der Waals surface area (Å²) < 4.78 is 11.3. The SMILES string of the molecule is C.C#C[C@]12CCC(=O)C1[C@](C)(C(=O)CC(C)(C)C=C)[C@H](C)CC2.C#C[C@]12CCC(=O)[C@H]1[C@](C)(C(=O)C[C@@](C)(C=C)C1OCCO1)[C@H](C)CC2.C=O. The monoisotopic (exact) mass is 704 g/mol. The molecule has 0 aromatic rings. The quantitative estimate of drug-likeness (QED) is 0.176. The number of ether oxygens (including phenoxy) is 2. The molecular formula is C44H64O7. The fraction of sp³-hybridized carbons (Fsp3) is 0.705. The Labute approximate surface area is 308 Å². The Morgan fingerprint density at radius 1 is 0.784 bits per heavy atom. The van der Waals surface area contributed by atoms with Crippen LogP contribution in [0.4, 0.5) is 0 Å². The van der Waals surface area contributed by atoms with Gasteiger partial charge in [0.05, 0.1) is 13.2 Å². The number of terminal acetylenes is 2. The second kappa shape index (κ2) is 16.3. The predicted molar refractivity (Wildman–Crippen MR) is 202 cm³/mol. The van der Waals surface area contributed by atoms with Gasteiger partial charge in [-0.15, -0.1) is 26.0 Å². The van der Waals surface area contributed by atoms with E-state index >= 15 is 0 Å². The number of rotatable bonds is 9. The lowest BCUT2D eigenvalue weighted by Crippen LogP contribution is -2.54. The van der Waals surface area contributed by atoms with Gasteiger partial charge in [0.1, 0.15) is 29.9 Å². The third-order valence-electron chi connectivity index (χ3n) is 13.8. The van der Waals surface area contributed by atoms with E-state index in [0.717, 1.165) is 32.1 Å². The Morgan fingerprint density at radius 2 is 1.18 bits per heavy atom. The van der Waals surface area contributed by atoms with Crippen molar-refractivity contribution in [1.29, 1.82) is 0 Å². The van der Waals surface area contributed by atoms with Gasteiger partial charge < -0.3 is 14.3 Å². The summed E-state index contributed by atoms with van der Waals surface area (Å²) in [4.78, 5) is 60.2. The van der Waals surface area contributed by atoms with E-state index in [1.54, 1.807) is 6.08 Å². The number of hydrogen-bond donors (Lipinski definition) is 0. The first-order valence-electron chi connectivity index (χ1n) is 18.2. The third kappa shape index (κ3) is 7.54. The Kier molecular flexibility index (Phi) is 14.0. The second-order valence-corrected chi connectivity index (χ2v) is 17.0. The first-order chi connectivity index (χ1) is 23.4. The van der Waals surface area contributed by atoms with E-state index in [2.05, 4.69) is 38.8 Å². The predicted octanol–water partition coefficient (Wildman–Crippen LogP) is 8.19. The van der Waals surface area contributed by atoms with Crippen molar-refractivity contribution in [2.24, 2.45) is 56.2 Å². The summed E-state index contributed by atoms with van der Waals surface area (Å²) in [6.07, 6.45) is 21.4. The fourth-order valence-corrected chi connectivity index (χ4v) is 9.89. The van der Waals surface area contributed by atoms with Gasteiger partial charge in [0.25, 0.3) is 0 Å². The van der Waals surface area contributed by atoms with Gasteiger partial charge in [-0.25, -0.2) is 0 Å². The van der Waals surface area contributed by atoms with Gasteiger partial charge in [-0.1, -0.05) is 79.9 Å². The Bertz CT molecular complexity index is 1440. The van der Waals surface area contributed by atoms with Crippen LogP contribution in [0.15, 0.2) is 25.3 Å². The average molecular weight is 705 g/mol. The van der Waals surface area contributed by atoms with Crippen LogP contribution in [0, 0.1) is 80.8 Å². The van der Waals surface area contributed by atoms with Crippen LogP contribution in [0.1, 0.15) is 120 Å². The van der Waals surface area contributed by atoms with Gasteiger partial charge in [-0.05, 0) is 55.8 Å². The molecule has 1 heterocycles. The van der Waals surface area contributed by atoms with E-state index in [-0.39, 0.29) is 66.1 Å². The zero-order valence-electron chi connectivity index (χ0n) is 31.7. The normalized spacial score (nSPS) is 36.9. The van der Waals surface area contributed by atoms with Crippen molar-refractivity contribution in [2.45, 2.75) is 126 Å². The van der Waals surface area contributed by atoms with E-state index in [1.165, 1.54) is 0 Å². The first-order valence-corrected chi connectivity index (χ1v) is 18.2. The van der Waals surface area contributed by atoms with Gasteiger partial charge >= 0.3 is 0 Å². The van der Waals surface area contributed by atoms with Crippen LogP contribution in [0.2, 0.25) is 0 Å². The maximum atomic E-state index is 13.6. The first kappa shape index (κ1) is 44.0. The molecule has 7 nitrogen and oxygen atoms in total. The number of carbonyl (C=O) groups excluding carboxylic acids is 5. The maximum Gasteiger partial charge on any atom is 0.166 e. The molecule has 0 bridgehead atoms. The van der Waals surface area contributed by atoms with Crippen LogP contribution >= 0.6 is 0 Å². The molecule has 7 heteroatoms. The Morgan fingerprint density at radius 3 is 1.53 bits per heavy atom. The summed E-state index contributed by atoms with van der Waals surface area (Å²) in [6, 6.07) is 0. The molecule has 5 aliphatic rings. The van der Waals surface area contributed by atoms with Gasteiger partial charge in [0.15, 0.2) is 6.29 Å². The summed E-state index contributed by atoms with van der Waals surface area (Å²) in [7, 11) is 0. The lowest BCUT2D eigenvalue weighted by atomic mass is 9.50. The minimum Gasteiger partial charge on any atom is -0.349 e. The topological polar surface area (TPSA) is 104 Å². The molecule has 5 fully saturated rings. The highest BCUT2D eigenvalue weighted by atomic mass is 16.7. The smallest absolute Gasteiger partial charge is 0.166 e. The van der Waals surface area contributed by atoms with Crippen molar-refractivity contribution in [2.75, 3.05) is 13.2 Å². The van der Waals surface area contributed by atoms with Crippen LogP contribution in [0.5, 0.6) is 0 Å². The van der Waals surface area contributed by atoms with E-state index in [1.807, 2.05) is 47.5 Å². The second-order valence-electron chi connectivity index (χ2n) is 17.0. The third-order valence-corrected chi connectivity index (χ3v) is 13.8. The van der Waals surface area contributed by atoms with Crippen molar-refractivity contribution in [3.63, 3.8) is 0 Å². The van der Waals surface area contributed by atoms with E-state index < -0.39 is 33.4 Å². The molecule has 1 aliphatic heterocycles. The molecule has 0 aromatic carbocycles. The minimum atomic E-state index is -0.749. The van der Waals surface area contributed by atoms with Crippen molar-refractivity contribution in [3.8, 4) is 24.7 Å². The maximum absolute atomic E-state index is 13.6. The fourth-order valence-electron chi connectivity index (χ4n) is 9.89. The van der Waals surface area contributed by atoms with E-state index in [4.69, 9.17) is 27.1 Å².